The third-order valence-electron chi connectivity index (χ3n) is 2.31. The third-order valence-corrected chi connectivity index (χ3v) is 2.31. The maximum Gasteiger partial charge on any atom is 0.341 e. The maximum absolute atomic E-state index is 11.1. The lowest BCUT2D eigenvalue weighted by Crippen LogP contribution is -2.00. The molecule has 0 aliphatic carbocycles. The van der Waals surface area contributed by atoms with E-state index in [0.717, 1.165) is 5.56 Å². The van der Waals surface area contributed by atoms with Crippen LogP contribution in [0.15, 0.2) is 22.9 Å². The van der Waals surface area contributed by atoms with E-state index in [0.29, 0.717) is 5.69 Å². The van der Waals surface area contributed by atoms with Gasteiger partial charge in [0.2, 0.25) is 0 Å². The summed E-state index contributed by atoms with van der Waals surface area (Å²) in [5.74, 6) is -0.772. The van der Waals surface area contributed by atoms with Crippen molar-refractivity contribution in [2.24, 2.45) is 0 Å². The molecule has 0 aliphatic rings. The molecule has 16 heavy (non-hydrogen) atoms. The second-order valence-corrected chi connectivity index (χ2v) is 3.44. The average Bonchev–Trinajstić information content (AvgIpc) is 2.61. The van der Waals surface area contributed by atoms with Crippen LogP contribution in [0.2, 0.25) is 0 Å². The SMILES string of the molecule is Cc1cccnc1-c1noc(C)c1C(=O)O. The lowest BCUT2D eigenvalue weighted by Gasteiger charge is -2.00. The Hall–Kier alpha value is -2.17. The van der Waals surface area contributed by atoms with E-state index in [1.165, 1.54) is 0 Å². The Bertz CT molecular complexity index is 546. The van der Waals surface area contributed by atoms with Crippen molar-refractivity contribution in [1.29, 1.82) is 0 Å². The summed E-state index contributed by atoms with van der Waals surface area (Å²) in [6, 6.07) is 3.63. The third kappa shape index (κ3) is 1.56. The number of hydrogen-bond acceptors (Lipinski definition) is 4. The summed E-state index contributed by atoms with van der Waals surface area (Å²) in [6.07, 6.45) is 1.60. The van der Waals surface area contributed by atoms with Crippen LogP contribution in [0, 0.1) is 13.8 Å². The van der Waals surface area contributed by atoms with Crippen molar-refractivity contribution in [2.75, 3.05) is 0 Å². The first-order valence-corrected chi connectivity index (χ1v) is 4.73. The minimum absolute atomic E-state index is 0.0711. The highest BCUT2D eigenvalue weighted by Gasteiger charge is 2.22. The fraction of sp³-hybridized carbons (Fsp3) is 0.182. The monoisotopic (exact) mass is 218 g/mol. The number of hydrogen-bond donors (Lipinski definition) is 1. The highest BCUT2D eigenvalue weighted by atomic mass is 16.5. The standard InChI is InChI=1S/C11H10N2O3/c1-6-4-3-5-12-9(6)10-8(11(14)15)7(2)16-13-10/h3-5H,1-2H3,(H,14,15). The number of aromatic carboxylic acids is 1. The molecule has 2 aromatic heterocycles. The van der Waals surface area contributed by atoms with Crippen molar-refractivity contribution in [2.45, 2.75) is 13.8 Å². The van der Waals surface area contributed by atoms with E-state index >= 15 is 0 Å². The molecule has 0 aromatic carbocycles. The molecular weight excluding hydrogens is 208 g/mol. The smallest absolute Gasteiger partial charge is 0.341 e. The minimum Gasteiger partial charge on any atom is -0.477 e. The van der Waals surface area contributed by atoms with Crippen LogP contribution < -0.4 is 0 Å². The number of carboxylic acid groups (broad SMARTS) is 1. The molecule has 0 amide bonds. The van der Waals surface area contributed by atoms with E-state index in [2.05, 4.69) is 10.1 Å². The zero-order chi connectivity index (χ0) is 11.7. The van der Waals surface area contributed by atoms with Crippen molar-refractivity contribution in [3.05, 3.63) is 35.2 Å². The molecule has 5 heteroatoms. The van der Waals surface area contributed by atoms with Gasteiger partial charge in [0.05, 0.1) is 5.69 Å². The molecule has 0 spiro atoms. The second kappa shape index (κ2) is 3.77. The molecule has 0 aliphatic heterocycles. The number of aromatic nitrogens is 2. The molecule has 0 bridgehead atoms. The Morgan fingerprint density at radius 2 is 2.12 bits per heavy atom. The van der Waals surface area contributed by atoms with Crippen molar-refractivity contribution in [1.82, 2.24) is 10.1 Å². The lowest BCUT2D eigenvalue weighted by molar-refractivity contribution is 0.0695. The van der Waals surface area contributed by atoms with Gasteiger partial charge in [-0.2, -0.15) is 0 Å². The van der Waals surface area contributed by atoms with E-state index < -0.39 is 5.97 Å². The molecule has 0 saturated carbocycles. The first kappa shape index (κ1) is 10.4. The van der Waals surface area contributed by atoms with Gasteiger partial charge in [0.15, 0.2) is 0 Å². The summed E-state index contributed by atoms with van der Waals surface area (Å²) in [5, 5.41) is 12.8. The van der Waals surface area contributed by atoms with Crippen molar-refractivity contribution in [3.63, 3.8) is 0 Å². The fourth-order valence-corrected chi connectivity index (χ4v) is 1.52. The van der Waals surface area contributed by atoms with Crippen LogP contribution in [0.1, 0.15) is 21.7 Å². The molecule has 0 unspecified atom stereocenters. The summed E-state index contributed by atoms with van der Waals surface area (Å²) in [4.78, 5) is 15.2. The Labute approximate surface area is 91.7 Å². The number of carboxylic acids is 1. The van der Waals surface area contributed by atoms with E-state index in [9.17, 15) is 4.79 Å². The summed E-state index contributed by atoms with van der Waals surface area (Å²) in [6.45, 7) is 3.41. The van der Waals surface area contributed by atoms with Gasteiger partial charge >= 0.3 is 5.97 Å². The van der Waals surface area contributed by atoms with Gasteiger partial charge < -0.3 is 9.63 Å². The van der Waals surface area contributed by atoms with Gasteiger partial charge in [-0.25, -0.2) is 4.79 Å². The van der Waals surface area contributed by atoms with Crippen molar-refractivity contribution < 1.29 is 14.4 Å². The average molecular weight is 218 g/mol. The molecule has 82 valence electrons. The molecule has 0 atom stereocenters. The number of pyridine rings is 1. The van der Waals surface area contributed by atoms with Crippen LogP contribution in [-0.2, 0) is 0 Å². The summed E-state index contributed by atoms with van der Waals surface area (Å²) < 4.78 is 4.90. The highest BCUT2D eigenvalue weighted by Crippen LogP contribution is 2.25. The number of aryl methyl sites for hydroxylation is 2. The Balaban J connectivity index is 2.66. The van der Waals surface area contributed by atoms with Gasteiger partial charge in [-0.15, -0.1) is 0 Å². The Morgan fingerprint density at radius 3 is 2.75 bits per heavy atom. The van der Waals surface area contributed by atoms with E-state index in [1.54, 1.807) is 19.2 Å². The minimum atomic E-state index is -1.06. The van der Waals surface area contributed by atoms with Crippen molar-refractivity contribution in [3.8, 4) is 11.4 Å². The van der Waals surface area contributed by atoms with Gasteiger partial charge in [-0.05, 0) is 25.5 Å². The lowest BCUT2D eigenvalue weighted by atomic mass is 10.1. The molecule has 2 rings (SSSR count). The number of rotatable bonds is 2. The largest absolute Gasteiger partial charge is 0.477 e. The predicted octanol–water partition coefficient (Wildman–Crippen LogP) is 2.05. The van der Waals surface area contributed by atoms with Gasteiger partial charge in [-0.1, -0.05) is 11.2 Å². The molecule has 1 N–H and O–H groups in total. The van der Waals surface area contributed by atoms with Crippen LogP contribution in [0.4, 0.5) is 0 Å². The van der Waals surface area contributed by atoms with Gasteiger partial charge in [0, 0.05) is 6.20 Å². The quantitative estimate of drug-likeness (QED) is 0.834. The number of nitrogens with zero attached hydrogens (tertiary/aromatic N) is 2. The van der Waals surface area contributed by atoms with Crippen LogP contribution in [0.25, 0.3) is 11.4 Å². The zero-order valence-corrected chi connectivity index (χ0v) is 8.89. The topological polar surface area (TPSA) is 76.2 Å². The molecule has 0 saturated heterocycles. The molecule has 0 fully saturated rings. The normalized spacial score (nSPS) is 10.4. The summed E-state index contributed by atoms with van der Waals surface area (Å²) in [5.41, 5.74) is 1.75. The van der Waals surface area contributed by atoms with Gasteiger partial charge in [0.25, 0.3) is 0 Å². The molecule has 0 radical (unpaired) electrons. The van der Waals surface area contributed by atoms with Crippen LogP contribution in [0.5, 0.6) is 0 Å². The Morgan fingerprint density at radius 1 is 1.38 bits per heavy atom. The predicted molar refractivity (Wildman–Crippen MR) is 56.2 cm³/mol. The maximum atomic E-state index is 11.1. The van der Waals surface area contributed by atoms with E-state index in [1.807, 2.05) is 13.0 Å². The highest BCUT2D eigenvalue weighted by molar-refractivity contribution is 5.95. The fourth-order valence-electron chi connectivity index (χ4n) is 1.52. The first-order chi connectivity index (χ1) is 7.61. The number of carbonyl (C=O) groups is 1. The summed E-state index contributed by atoms with van der Waals surface area (Å²) >= 11 is 0. The van der Waals surface area contributed by atoms with Crippen LogP contribution in [-0.4, -0.2) is 21.2 Å². The zero-order valence-electron chi connectivity index (χ0n) is 8.89. The van der Waals surface area contributed by atoms with Crippen LogP contribution in [0.3, 0.4) is 0 Å². The molecule has 5 nitrogen and oxygen atoms in total. The first-order valence-electron chi connectivity index (χ1n) is 4.73. The summed E-state index contributed by atoms with van der Waals surface area (Å²) in [7, 11) is 0. The van der Waals surface area contributed by atoms with Crippen LogP contribution >= 0.6 is 0 Å². The Kier molecular flexibility index (Phi) is 2.44. The van der Waals surface area contributed by atoms with Gasteiger partial charge in [0.1, 0.15) is 17.0 Å². The van der Waals surface area contributed by atoms with E-state index in [4.69, 9.17) is 9.63 Å². The molecule has 2 heterocycles. The second-order valence-electron chi connectivity index (χ2n) is 3.44. The van der Waals surface area contributed by atoms with Gasteiger partial charge in [-0.3, -0.25) is 4.98 Å². The molecule has 2 aromatic rings. The van der Waals surface area contributed by atoms with E-state index in [-0.39, 0.29) is 17.0 Å². The molecular formula is C11H10N2O3. The van der Waals surface area contributed by atoms with Crippen molar-refractivity contribution >= 4 is 5.97 Å².